The van der Waals surface area contributed by atoms with Crippen LogP contribution in [0.5, 0.6) is 0 Å². The van der Waals surface area contributed by atoms with E-state index in [-0.39, 0.29) is 11.1 Å². The lowest BCUT2D eigenvalue weighted by atomic mass is 9.80. The first kappa shape index (κ1) is 14.7. The molecule has 0 bridgehead atoms. The van der Waals surface area contributed by atoms with Crippen LogP contribution >= 0.6 is 12.2 Å². The van der Waals surface area contributed by atoms with Gasteiger partial charge in [0.15, 0.2) is 5.11 Å². The molecule has 0 unspecified atom stereocenters. The van der Waals surface area contributed by atoms with Crippen LogP contribution in [0.1, 0.15) is 54.4 Å². The molecule has 3 N–H and O–H groups in total. The Bertz CT molecular complexity index is 268. The molecule has 1 aliphatic heterocycles. The normalized spacial score (nSPS) is 23.5. The third-order valence-electron chi connectivity index (χ3n) is 2.95. The molecular weight excluding hydrogens is 230 g/mol. The molecule has 0 atom stereocenters. The highest BCUT2D eigenvalue weighted by atomic mass is 32.1. The molecule has 4 heteroatoms. The zero-order chi connectivity index (χ0) is 13.3. The van der Waals surface area contributed by atoms with Gasteiger partial charge < -0.3 is 16.0 Å². The van der Waals surface area contributed by atoms with E-state index in [9.17, 15) is 0 Å². The first-order valence-corrected chi connectivity index (χ1v) is 6.87. The third kappa shape index (κ3) is 5.21. The summed E-state index contributed by atoms with van der Waals surface area (Å²) in [6, 6.07) is 0.831. The van der Waals surface area contributed by atoms with E-state index in [0.717, 1.165) is 18.0 Å². The number of hydrogen-bond donors (Lipinski definition) is 3. The van der Waals surface area contributed by atoms with Crippen LogP contribution < -0.4 is 16.0 Å². The Kier molecular flexibility index (Phi) is 4.42. The standard InChI is InChI=1S/C13H27N3S/c1-9(2)14-11(17)15-10-7-12(3,4)16-13(5,6)8-10/h9-10,16H,7-8H2,1-6H3,(H2,14,15,17). The molecule has 0 amide bonds. The molecular formula is C13H27N3S. The van der Waals surface area contributed by atoms with Crippen molar-refractivity contribution in [2.75, 3.05) is 0 Å². The van der Waals surface area contributed by atoms with Crippen molar-refractivity contribution in [2.45, 2.75) is 77.5 Å². The summed E-state index contributed by atoms with van der Waals surface area (Å²) in [6.07, 6.45) is 2.19. The van der Waals surface area contributed by atoms with Crippen molar-refractivity contribution in [1.82, 2.24) is 16.0 Å². The summed E-state index contributed by atoms with van der Waals surface area (Å²) in [6.45, 7) is 13.2. The van der Waals surface area contributed by atoms with Crippen molar-refractivity contribution < 1.29 is 0 Å². The minimum Gasteiger partial charge on any atom is -0.361 e. The fourth-order valence-electron chi connectivity index (χ4n) is 2.91. The van der Waals surface area contributed by atoms with E-state index >= 15 is 0 Å². The first-order chi connectivity index (χ1) is 7.60. The predicted octanol–water partition coefficient (Wildman–Crippen LogP) is 2.17. The molecule has 1 rings (SSSR count). The zero-order valence-corrected chi connectivity index (χ0v) is 12.8. The summed E-state index contributed by atoms with van der Waals surface area (Å²) < 4.78 is 0. The molecule has 17 heavy (non-hydrogen) atoms. The van der Waals surface area contributed by atoms with E-state index < -0.39 is 0 Å². The lowest BCUT2D eigenvalue weighted by Gasteiger charge is -2.47. The largest absolute Gasteiger partial charge is 0.361 e. The maximum absolute atomic E-state index is 5.32. The molecule has 0 aromatic heterocycles. The number of thiocarbonyl (C=S) groups is 1. The molecule has 0 aromatic rings. The van der Waals surface area contributed by atoms with E-state index in [1.807, 2.05) is 0 Å². The molecule has 0 saturated carbocycles. The second kappa shape index (κ2) is 5.11. The highest BCUT2D eigenvalue weighted by Crippen LogP contribution is 2.28. The van der Waals surface area contributed by atoms with Gasteiger partial charge in [0.2, 0.25) is 0 Å². The van der Waals surface area contributed by atoms with Crippen LogP contribution in [0.2, 0.25) is 0 Å². The smallest absolute Gasteiger partial charge is 0.166 e. The number of hydrogen-bond acceptors (Lipinski definition) is 2. The molecule has 0 aromatic carbocycles. The van der Waals surface area contributed by atoms with Crippen LogP contribution in [0, 0.1) is 0 Å². The highest BCUT2D eigenvalue weighted by molar-refractivity contribution is 7.80. The molecule has 100 valence electrons. The topological polar surface area (TPSA) is 36.1 Å². The Labute approximate surface area is 111 Å². The van der Waals surface area contributed by atoms with Gasteiger partial charge in [-0.3, -0.25) is 0 Å². The van der Waals surface area contributed by atoms with E-state index in [1.165, 1.54) is 0 Å². The van der Waals surface area contributed by atoms with Gasteiger partial charge in [0.05, 0.1) is 0 Å². The van der Waals surface area contributed by atoms with Gasteiger partial charge in [-0.2, -0.15) is 0 Å². The summed E-state index contributed by atoms with van der Waals surface area (Å²) in [7, 11) is 0. The number of piperidine rings is 1. The maximum atomic E-state index is 5.32. The van der Waals surface area contributed by atoms with E-state index in [2.05, 4.69) is 57.5 Å². The number of rotatable bonds is 2. The summed E-state index contributed by atoms with van der Waals surface area (Å²) in [5.41, 5.74) is 0.319. The lowest BCUT2D eigenvalue weighted by Crippen LogP contribution is -2.62. The fourth-order valence-corrected chi connectivity index (χ4v) is 3.32. The summed E-state index contributed by atoms with van der Waals surface area (Å²) in [5, 5.41) is 11.1. The van der Waals surface area contributed by atoms with Crippen LogP contribution in [0.4, 0.5) is 0 Å². The SMILES string of the molecule is CC(C)NC(=S)NC1CC(C)(C)NC(C)(C)C1. The van der Waals surface area contributed by atoms with Crippen molar-refractivity contribution in [2.24, 2.45) is 0 Å². The van der Waals surface area contributed by atoms with Crippen molar-refractivity contribution in [3.05, 3.63) is 0 Å². The quantitative estimate of drug-likeness (QED) is 0.663. The average Bonchev–Trinajstić information content (AvgIpc) is 1.93. The second-order valence-corrected chi connectivity index (χ2v) is 7.18. The Hall–Kier alpha value is -0.350. The monoisotopic (exact) mass is 257 g/mol. The maximum Gasteiger partial charge on any atom is 0.166 e. The molecule has 1 saturated heterocycles. The van der Waals surface area contributed by atoms with E-state index in [4.69, 9.17) is 12.2 Å². The molecule has 1 fully saturated rings. The van der Waals surface area contributed by atoms with Crippen molar-refractivity contribution in [1.29, 1.82) is 0 Å². The van der Waals surface area contributed by atoms with Gasteiger partial charge in [-0.15, -0.1) is 0 Å². The summed E-state index contributed by atoms with van der Waals surface area (Å²) >= 11 is 5.32. The van der Waals surface area contributed by atoms with Crippen molar-refractivity contribution in [3.8, 4) is 0 Å². The third-order valence-corrected chi connectivity index (χ3v) is 3.18. The van der Waals surface area contributed by atoms with Gasteiger partial charge in [0.25, 0.3) is 0 Å². The van der Waals surface area contributed by atoms with Crippen LogP contribution in [0.3, 0.4) is 0 Å². The van der Waals surface area contributed by atoms with Gasteiger partial charge >= 0.3 is 0 Å². The Balaban J connectivity index is 2.56. The average molecular weight is 257 g/mol. The Morgan fingerprint density at radius 1 is 1.18 bits per heavy atom. The van der Waals surface area contributed by atoms with E-state index in [1.54, 1.807) is 0 Å². The molecule has 3 nitrogen and oxygen atoms in total. The highest BCUT2D eigenvalue weighted by Gasteiger charge is 2.37. The van der Waals surface area contributed by atoms with Crippen molar-refractivity contribution >= 4 is 17.3 Å². The van der Waals surface area contributed by atoms with Gasteiger partial charge in [-0.05, 0) is 66.6 Å². The summed E-state index contributed by atoms with van der Waals surface area (Å²) in [4.78, 5) is 0. The predicted molar refractivity (Wildman–Crippen MR) is 78.3 cm³/mol. The van der Waals surface area contributed by atoms with Crippen LogP contribution in [-0.2, 0) is 0 Å². The molecule has 0 spiro atoms. The Morgan fingerprint density at radius 2 is 1.65 bits per heavy atom. The molecule has 0 radical (unpaired) electrons. The minimum atomic E-state index is 0.160. The summed E-state index contributed by atoms with van der Waals surface area (Å²) in [5.74, 6) is 0. The van der Waals surface area contributed by atoms with Crippen LogP contribution in [0.15, 0.2) is 0 Å². The van der Waals surface area contributed by atoms with Gasteiger partial charge in [0.1, 0.15) is 0 Å². The van der Waals surface area contributed by atoms with Crippen LogP contribution in [-0.4, -0.2) is 28.3 Å². The molecule has 1 heterocycles. The zero-order valence-electron chi connectivity index (χ0n) is 12.0. The fraction of sp³-hybridized carbons (Fsp3) is 0.923. The molecule has 1 aliphatic rings. The van der Waals surface area contributed by atoms with Crippen molar-refractivity contribution in [3.63, 3.8) is 0 Å². The van der Waals surface area contributed by atoms with E-state index in [0.29, 0.717) is 12.1 Å². The first-order valence-electron chi connectivity index (χ1n) is 6.46. The van der Waals surface area contributed by atoms with Gasteiger partial charge in [-0.25, -0.2) is 0 Å². The lowest BCUT2D eigenvalue weighted by molar-refractivity contribution is 0.155. The van der Waals surface area contributed by atoms with Gasteiger partial charge in [-0.1, -0.05) is 0 Å². The molecule has 0 aliphatic carbocycles. The Morgan fingerprint density at radius 3 is 2.06 bits per heavy atom. The van der Waals surface area contributed by atoms with Crippen LogP contribution in [0.25, 0.3) is 0 Å². The van der Waals surface area contributed by atoms with Gasteiger partial charge in [0, 0.05) is 23.2 Å². The minimum absolute atomic E-state index is 0.160. The second-order valence-electron chi connectivity index (χ2n) is 6.77. The number of nitrogens with one attached hydrogen (secondary N) is 3.